The van der Waals surface area contributed by atoms with Gasteiger partial charge in [-0.05, 0) is 36.2 Å². The third kappa shape index (κ3) is 5.20. The number of hydrogen-bond donors (Lipinski definition) is 1. The Balaban J connectivity index is 1.45. The minimum atomic E-state index is -4.72. The number of hydrogen-bond acceptors (Lipinski definition) is 5. The number of thiophene rings is 1. The number of carbonyl (C=O) groups is 1. The SMILES string of the molecule is CCc1ccc(-c2cc(C(F)(F)F)n3nc(C(=O)Nc4nn(Cc5ccccc5Cl)cc4Cl)cc3n2)s1. The molecule has 4 aromatic heterocycles. The lowest BCUT2D eigenvalue weighted by Gasteiger charge is -2.10. The average Bonchev–Trinajstić information content (AvgIpc) is 3.58. The summed E-state index contributed by atoms with van der Waals surface area (Å²) < 4.78 is 43.7. The number of anilines is 1. The van der Waals surface area contributed by atoms with Crippen LogP contribution in [0.15, 0.2) is 54.7 Å². The van der Waals surface area contributed by atoms with Crippen LogP contribution in [0.25, 0.3) is 16.2 Å². The van der Waals surface area contributed by atoms with Gasteiger partial charge >= 0.3 is 6.18 Å². The molecule has 37 heavy (non-hydrogen) atoms. The van der Waals surface area contributed by atoms with Crippen molar-refractivity contribution in [3.05, 3.63) is 86.6 Å². The molecule has 0 bridgehead atoms. The predicted octanol–water partition coefficient (Wildman–Crippen LogP) is 6.84. The summed E-state index contributed by atoms with van der Waals surface area (Å²) >= 11 is 13.8. The summed E-state index contributed by atoms with van der Waals surface area (Å²) in [6.45, 7) is 2.26. The summed E-state index contributed by atoms with van der Waals surface area (Å²) in [7, 11) is 0. The number of nitrogens with one attached hydrogen (secondary N) is 1. The van der Waals surface area contributed by atoms with Gasteiger partial charge in [0.1, 0.15) is 5.02 Å². The second-order valence-corrected chi connectivity index (χ2v) is 9.99. The van der Waals surface area contributed by atoms with E-state index in [2.05, 4.69) is 20.5 Å². The second-order valence-electron chi connectivity index (χ2n) is 8.01. The molecule has 190 valence electrons. The van der Waals surface area contributed by atoms with Crippen molar-refractivity contribution in [2.75, 3.05) is 5.32 Å². The van der Waals surface area contributed by atoms with Crippen molar-refractivity contribution in [3.63, 3.8) is 0 Å². The van der Waals surface area contributed by atoms with Crippen molar-refractivity contribution >= 4 is 51.9 Å². The Morgan fingerprint density at radius 1 is 1.08 bits per heavy atom. The van der Waals surface area contributed by atoms with Crippen molar-refractivity contribution in [2.24, 2.45) is 0 Å². The third-order valence-corrected chi connectivity index (χ3v) is 7.35. The van der Waals surface area contributed by atoms with Gasteiger partial charge in [-0.2, -0.15) is 23.4 Å². The van der Waals surface area contributed by atoms with E-state index in [-0.39, 0.29) is 27.9 Å². The molecule has 1 aromatic carbocycles. The number of carbonyl (C=O) groups excluding carboxylic acids is 1. The highest BCUT2D eigenvalue weighted by atomic mass is 35.5. The normalized spacial score (nSPS) is 11.8. The molecule has 0 saturated carbocycles. The topological polar surface area (TPSA) is 77.1 Å². The Morgan fingerprint density at radius 2 is 1.86 bits per heavy atom. The summed E-state index contributed by atoms with van der Waals surface area (Å²) in [6, 6.07) is 12.9. The van der Waals surface area contributed by atoms with E-state index in [4.69, 9.17) is 23.2 Å². The van der Waals surface area contributed by atoms with Crippen LogP contribution >= 0.6 is 34.5 Å². The molecule has 0 saturated heterocycles. The Hall–Kier alpha value is -3.41. The molecular formula is C24H17Cl2F3N6OS. The molecule has 0 aliphatic rings. The monoisotopic (exact) mass is 564 g/mol. The van der Waals surface area contributed by atoms with Crippen LogP contribution < -0.4 is 5.32 Å². The number of halogens is 5. The lowest BCUT2D eigenvalue weighted by atomic mass is 10.2. The van der Waals surface area contributed by atoms with Gasteiger partial charge in [0.25, 0.3) is 5.91 Å². The van der Waals surface area contributed by atoms with E-state index < -0.39 is 17.8 Å². The van der Waals surface area contributed by atoms with Gasteiger partial charge in [0, 0.05) is 22.2 Å². The van der Waals surface area contributed by atoms with Crippen LogP contribution in [-0.2, 0) is 19.1 Å². The van der Waals surface area contributed by atoms with E-state index in [0.29, 0.717) is 21.0 Å². The summed E-state index contributed by atoms with van der Waals surface area (Å²) in [5.41, 5.74) is -0.484. The first kappa shape index (κ1) is 25.2. The summed E-state index contributed by atoms with van der Waals surface area (Å²) in [4.78, 5) is 18.8. The predicted molar refractivity (Wildman–Crippen MR) is 136 cm³/mol. The number of fused-ring (bicyclic) bond motifs is 1. The van der Waals surface area contributed by atoms with Gasteiger partial charge < -0.3 is 5.32 Å². The molecule has 0 fully saturated rings. The first-order chi connectivity index (χ1) is 17.6. The second kappa shape index (κ2) is 9.81. The van der Waals surface area contributed by atoms with E-state index in [9.17, 15) is 18.0 Å². The van der Waals surface area contributed by atoms with E-state index in [1.807, 2.05) is 25.1 Å². The summed E-state index contributed by atoms with van der Waals surface area (Å²) in [5.74, 6) is -0.749. The molecule has 0 aliphatic heterocycles. The molecule has 5 rings (SSSR count). The number of amides is 1. The highest BCUT2D eigenvalue weighted by Gasteiger charge is 2.36. The smallest absolute Gasteiger partial charge is 0.302 e. The first-order valence-corrected chi connectivity index (χ1v) is 12.5. The van der Waals surface area contributed by atoms with Crippen LogP contribution in [0.3, 0.4) is 0 Å². The molecular weight excluding hydrogens is 548 g/mol. The van der Waals surface area contributed by atoms with Crippen LogP contribution in [-0.4, -0.2) is 30.3 Å². The zero-order valence-electron chi connectivity index (χ0n) is 19.1. The van der Waals surface area contributed by atoms with Crippen molar-refractivity contribution in [2.45, 2.75) is 26.1 Å². The lowest BCUT2D eigenvalue weighted by molar-refractivity contribution is -0.142. The van der Waals surface area contributed by atoms with Gasteiger partial charge in [-0.3, -0.25) is 9.48 Å². The van der Waals surface area contributed by atoms with Gasteiger partial charge in [0.05, 0.1) is 17.1 Å². The maximum atomic E-state index is 13.9. The van der Waals surface area contributed by atoms with Crippen LogP contribution in [0.1, 0.15) is 33.5 Å². The zero-order chi connectivity index (χ0) is 26.3. The zero-order valence-corrected chi connectivity index (χ0v) is 21.4. The molecule has 0 aliphatic carbocycles. The van der Waals surface area contributed by atoms with Gasteiger partial charge in [0.2, 0.25) is 0 Å². The number of benzene rings is 1. The number of alkyl halides is 3. The minimum absolute atomic E-state index is 0.0335. The first-order valence-electron chi connectivity index (χ1n) is 11.0. The highest BCUT2D eigenvalue weighted by Crippen LogP contribution is 2.34. The van der Waals surface area contributed by atoms with Gasteiger partial charge in [-0.15, -0.1) is 11.3 Å². The van der Waals surface area contributed by atoms with Crippen molar-refractivity contribution in [1.29, 1.82) is 0 Å². The number of nitrogens with zero attached hydrogens (tertiary/aromatic N) is 5. The van der Waals surface area contributed by atoms with Crippen LogP contribution in [0.5, 0.6) is 0 Å². The van der Waals surface area contributed by atoms with E-state index >= 15 is 0 Å². The van der Waals surface area contributed by atoms with E-state index in [0.717, 1.165) is 22.9 Å². The largest absolute Gasteiger partial charge is 0.433 e. The molecule has 4 heterocycles. The average molecular weight is 565 g/mol. The molecule has 5 aromatic rings. The maximum Gasteiger partial charge on any atom is 0.433 e. The third-order valence-electron chi connectivity index (χ3n) is 5.45. The molecule has 0 atom stereocenters. The molecule has 7 nitrogen and oxygen atoms in total. The number of aryl methyl sites for hydroxylation is 1. The van der Waals surface area contributed by atoms with Crippen LogP contribution in [0.4, 0.5) is 19.0 Å². The molecule has 1 amide bonds. The van der Waals surface area contributed by atoms with Crippen LogP contribution in [0.2, 0.25) is 10.0 Å². The van der Waals surface area contributed by atoms with E-state index in [1.165, 1.54) is 28.3 Å². The number of aromatic nitrogens is 5. The van der Waals surface area contributed by atoms with Gasteiger partial charge in [-0.25, -0.2) is 9.50 Å². The lowest BCUT2D eigenvalue weighted by Crippen LogP contribution is -2.16. The fourth-order valence-corrected chi connectivity index (χ4v) is 4.96. The Kier molecular flexibility index (Phi) is 6.69. The standard InChI is InChI=1S/C24H17Cl2F3N6OS/c1-2-14-7-8-19(37-14)17-9-20(24(27,28)29)35-21(30-17)10-18(32-35)23(36)31-22-16(26)12-34(33-22)11-13-5-3-4-6-15(13)25/h3-10,12H,2,11H2,1H3,(H,31,33,36). The fourth-order valence-electron chi connectivity index (χ4n) is 3.65. The Bertz CT molecular complexity index is 1620. The van der Waals surface area contributed by atoms with Crippen molar-refractivity contribution in [3.8, 4) is 10.6 Å². The molecule has 13 heteroatoms. The van der Waals surface area contributed by atoms with Crippen molar-refractivity contribution < 1.29 is 18.0 Å². The van der Waals surface area contributed by atoms with Crippen molar-refractivity contribution in [1.82, 2.24) is 24.4 Å². The quantitative estimate of drug-likeness (QED) is 0.245. The highest BCUT2D eigenvalue weighted by molar-refractivity contribution is 7.15. The molecule has 1 N–H and O–H groups in total. The summed E-state index contributed by atoms with van der Waals surface area (Å²) in [5, 5.41) is 11.3. The Labute approximate surface area is 222 Å². The summed E-state index contributed by atoms with van der Waals surface area (Å²) in [6.07, 6.45) is -2.46. The van der Waals surface area contributed by atoms with Crippen LogP contribution in [0, 0.1) is 0 Å². The minimum Gasteiger partial charge on any atom is -0.302 e. The Morgan fingerprint density at radius 3 is 2.57 bits per heavy atom. The van der Waals surface area contributed by atoms with Gasteiger partial charge in [0.15, 0.2) is 22.9 Å². The van der Waals surface area contributed by atoms with E-state index in [1.54, 1.807) is 18.2 Å². The number of rotatable bonds is 6. The molecule has 0 spiro atoms. The maximum absolute atomic E-state index is 13.9. The molecule has 0 radical (unpaired) electrons. The molecule has 0 unspecified atom stereocenters. The fraction of sp³-hybridized carbons (Fsp3) is 0.167. The van der Waals surface area contributed by atoms with Gasteiger partial charge in [-0.1, -0.05) is 48.3 Å².